The number of hydrogen-bond acceptors (Lipinski definition) is 4. The van der Waals surface area contributed by atoms with E-state index in [0.717, 1.165) is 47.9 Å². The minimum atomic E-state index is -2.30. The Morgan fingerprint density at radius 1 is 0.864 bits per heavy atom. The van der Waals surface area contributed by atoms with E-state index in [1.165, 1.54) is 83.1 Å². The second-order valence-corrected chi connectivity index (χ2v) is 23.5. The van der Waals surface area contributed by atoms with Crippen molar-refractivity contribution in [2.75, 3.05) is 0 Å². The first kappa shape index (κ1) is 48.4. The molecule has 3 aromatic carbocycles. The SMILES string of the molecule is CCC(CC)C(=O)/C=C(\O)C(CC)CC.Cc1c([Si](CCC(C)(C)C)(c2ccccc2)C2CCCCC2)oc2c(-c3[c-]c4ccccc4c(C(C)(C)C)c3)nccc12.[Ir]. The van der Waals surface area contributed by atoms with Gasteiger partial charge in [0.15, 0.2) is 13.9 Å². The molecule has 1 fully saturated rings. The fourth-order valence-corrected chi connectivity index (χ4v) is 15.9. The van der Waals surface area contributed by atoms with Crippen LogP contribution in [0.3, 0.4) is 0 Å². The average molecular weight is 991 g/mol. The van der Waals surface area contributed by atoms with Crippen LogP contribution in [0.1, 0.15) is 145 Å². The van der Waals surface area contributed by atoms with Gasteiger partial charge in [0.2, 0.25) is 0 Å². The van der Waals surface area contributed by atoms with Crippen molar-refractivity contribution in [1.29, 1.82) is 0 Å². The molecular formula is C53H72IrNO3Si-. The summed E-state index contributed by atoms with van der Waals surface area (Å²) in [6.07, 6.45) is 14.7. The number of aromatic nitrogens is 1. The van der Waals surface area contributed by atoms with Gasteiger partial charge in [-0.3, -0.25) is 9.78 Å². The predicted octanol–water partition coefficient (Wildman–Crippen LogP) is 14.3. The number of aryl methyl sites for hydroxylation is 1. The van der Waals surface area contributed by atoms with Crippen LogP contribution in [0.2, 0.25) is 11.6 Å². The summed E-state index contributed by atoms with van der Waals surface area (Å²) < 4.78 is 7.34. The normalized spacial score (nSPS) is 15.2. The van der Waals surface area contributed by atoms with Gasteiger partial charge in [-0.1, -0.05) is 172 Å². The van der Waals surface area contributed by atoms with Gasteiger partial charge in [0.1, 0.15) is 5.58 Å². The summed E-state index contributed by atoms with van der Waals surface area (Å²) in [6.45, 7) is 24.5. The summed E-state index contributed by atoms with van der Waals surface area (Å²) in [5.74, 6) is 0.547. The van der Waals surface area contributed by atoms with Gasteiger partial charge in [-0.05, 0) is 66.7 Å². The van der Waals surface area contributed by atoms with E-state index in [0.29, 0.717) is 5.54 Å². The zero-order chi connectivity index (χ0) is 42.3. The Morgan fingerprint density at radius 2 is 1.47 bits per heavy atom. The van der Waals surface area contributed by atoms with Crippen LogP contribution in [-0.4, -0.2) is 23.9 Å². The third-order valence-corrected chi connectivity index (χ3v) is 18.7. The number of furan rings is 1. The van der Waals surface area contributed by atoms with Crippen LogP contribution in [-0.2, 0) is 30.3 Å². The van der Waals surface area contributed by atoms with Gasteiger partial charge in [0.05, 0.1) is 11.1 Å². The molecule has 2 heterocycles. The molecule has 0 spiro atoms. The smallest absolute Gasteiger partial charge is 0.166 e. The van der Waals surface area contributed by atoms with Crippen molar-refractivity contribution >= 4 is 46.2 Å². The Bertz CT molecular complexity index is 2140. The molecule has 4 nitrogen and oxygen atoms in total. The van der Waals surface area contributed by atoms with Crippen LogP contribution in [0.5, 0.6) is 0 Å². The van der Waals surface area contributed by atoms with E-state index in [-0.39, 0.29) is 54.3 Å². The molecule has 2 aromatic heterocycles. The van der Waals surface area contributed by atoms with E-state index in [1.54, 1.807) is 0 Å². The van der Waals surface area contributed by atoms with E-state index < -0.39 is 8.07 Å². The average Bonchev–Trinajstić information content (AvgIpc) is 3.55. The fraction of sp³-hybridized carbons (Fsp3) is 0.509. The van der Waals surface area contributed by atoms with Crippen LogP contribution in [0.4, 0.5) is 0 Å². The molecule has 0 saturated heterocycles. The molecule has 321 valence electrons. The van der Waals surface area contributed by atoms with E-state index >= 15 is 0 Å². The maximum Gasteiger partial charge on any atom is 0.166 e. The van der Waals surface area contributed by atoms with Gasteiger partial charge >= 0.3 is 0 Å². The zero-order valence-electron chi connectivity index (χ0n) is 38.1. The number of rotatable bonds is 13. The molecule has 59 heavy (non-hydrogen) atoms. The van der Waals surface area contributed by atoms with Gasteiger partial charge in [0.25, 0.3) is 0 Å². The summed E-state index contributed by atoms with van der Waals surface area (Å²) in [4.78, 5) is 16.7. The summed E-state index contributed by atoms with van der Waals surface area (Å²) in [7, 11) is -2.30. The van der Waals surface area contributed by atoms with Crippen molar-refractivity contribution in [1.82, 2.24) is 4.98 Å². The number of allylic oxidation sites excluding steroid dienone is 2. The third-order valence-electron chi connectivity index (χ3n) is 13.0. The quantitative estimate of drug-likeness (QED) is 0.0553. The molecule has 0 bridgehead atoms. The van der Waals surface area contributed by atoms with Gasteiger partial charge in [0, 0.05) is 55.3 Å². The van der Waals surface area contributed by atoms with Crippen LogP contribution in [0.25, 0.3) is 33.0 Å². The molecule has 6 rings (SSSR count). The van der Waals surface area contributed by atoms with E-state index in [1.807, 2.05) is 33.9 Å². The first-order valence-corrected chi connectivity index (χ1v) is 24.7. The van der Waals surface area contributed by atoms with Crippen LogP contribution in [0, 0.1) is 30.2 Å². The van der Waals surface area contributed by atoms with E-state index in [9.17, 15) is 9.90 Å². The molecular weight excluding hydrogens is 919 g/mol. The second-order valence-electron chi connectivity index (χ2n) is 19.2. The van der Waals surface area contributed by atoms with Crippen LogP contribution >= 0.6 is 0 Å². The zero-order valence-corrected chi connectivity index (χ0v) is 41.5. The summed E-state index contributed by atoms with van der Waals surface area (Å²) in [5, 5.41) is 16.2. The molecule has 0 aliphatic heterocycles. The predicted molar refractivity (Wildman–Crippen MR) is 250 cm³/mol. The number of nitrogens with zero attached hydrogens (tertiary/aromatic N) is 1. The molecule has 0 amide bonds. The Labute approximate surface area is 371 Å². The fourth-order valence-electron chi connectivity index (χ4n) is 9.44. The molecule has 1 unspecified atom stereocenters. The summed E-state index contributed by atoms with van der Waals surface area (Å²) in [5.41, 5.74) is 6.45. The number of aliphatic hydroxyl groups excluding tert-OH is 1. The number of aliphatic hydroxyl groups is 1. The standard InChI is InChI=1S/C40H48NOSi.C13H24O2.Ir/c1-28-33-22-24-41-36(30-26-29-16-14-15-21-34(29)35(27-30)40(5,6)7)37(33)42-38(28)43(25-23-39(2,3)4,31-17-10-8-11-18-31)32-19-12-9-13-20-32;1-5-10(6-2)12(14)9-13(15)11(7-3)8-4;/h8,10-11,14-18,21-22,24,27,32H,9,12-13,19-20,23,25H2,1-7H3;9-11,14H,5-8H2,1-4H3;/q-1;;/b;12-9-;. The van der Waals surface area contributed by atoms with Crippen LogP contribution in [0.15, 0.2) is 89.2 Å². The topological polar surface area (TPSA) is 63.3 Å². The van der Waals surface area contributed by atoms with Crippen molar-refractivity contribution in [3.8, 4) is 11.3 Å². The number of fused-ring (bicyclic) bond motifs is 2. The van der Waals surface area contributed by atoms with E-state index in [4.69, 9.17) is 9.40 Å². The molecule has 1 N–H and O–H groups in total. The van der Waals surface area contributed by atoms with Gasteiger partial charge in [-0.15, -0.1) is 29.1 Å². The summed E-state index contributed by atoms with van der Waals surface area (Å²) >= 11 is 0. The number of ketones is 1. The Morgan fingerprint density at radius 3 is 2.07 bits per heavy atom. The molecule has 1 radical (unpaired) electrons. The minimum Gasteiger partial charge on any atom is -0.512 e. The number of carbonyl (C=O) groups is 1. The van der Waals surface area contributed by atoms with Crippen molar-refractivity contribution in [3.63, 3.8) is 0 Å². The molecule has 1 aliphatic rings. The number of hydrogen-bond donors (Lipinski definition) is 1. The Kier molecular flexibility index (Phi) is 17.2. The Balaban J connectivity index is 0.000000411. The largest absolute Gasteiger partial charge is 0.512 e. The van der Waals surface area contributed by atoms with Crippen molar-refractivity contribution in [2.24, 2.45) is 17.3 Å². The maximum atomic E-state index is 11.7. The van der Waals surface area contributed by atoms with E-state index in [2.05, 4.69) is 121 Å². The van der Waals surface area contributed by atoms with Gasteiger partial charge in [-0.2, -0.15) is 0 Å². The maximum absolute atomic E-state index is 11.7. The first-order valence-electron chi connectivity index (χ1n) is 22.4. The van der Waals surface area contributed by atoms with Gasteiger partial charge in [-0.25, -0.2) is 0 Å². The van der Waals surface area contributed by atoms with Crippen LogP contribution < -0.4 is 10.6 Å². The molecule has 6 heteroatoms. The third kappa shape index (κ3) is 11.1. The summed E-state index contributed by atoms with van der Waals surface area (Å²) in [6, 6.07) is 29.6. The second kappa shape index (κ2) is 21.0. The molecule has 1 aliphatic carbocycles. The number of carbonyl (C=O) groups excluding carboxylic acids is 1. The monoisotopic (exact) mass is 991 g/mol. The number of pyridine rings is 1. The Hall–Kier alpha value is -3.31. The van der Waals surface area contributed by atoms with Gasteiger partial charge < -0.3 is 9.52 Å². The molecule has 5 aromatic rings. The van der Waals surface area contributed by atoms with Crippen molar-refractivity contribution in [3.05, 3.63) is 102 Å². The molecule has 1 saturated carbocycles. The van der Waals surface area contributed by atoms with Crippen molar-refractivity contribution < 1.29 is 34.4 Å². The number of benzene rings is 3. The first-order chi connectivity index (χ1) is 27.6. The van der Waals surface area contributed by atoms with Crippen molar-refractivity contribution in [2.45, 2.75) is 157 Å². The minimum absolute atomic E-state index is 0. The molecule has 1 atom stereocenters.